The molecule has 14 heteroatoms. The molecule has 0 saturated heterocycles. The average Bonchev–Trinajstić information content (AvgIpc) is 3.95. The van der Waals surface area contributed by atoms with Crippen LogP contribution in [0, 0.1) is 11.8 Å². The number of rotatable bonds is 10. The van der Waals surface area contributed by atoms with Crippen molar-refractivity contribution in [1.29, 1.82) is 0 Å². The molecular formula is C38H40N12S2. The van der Waals surface area contributed by atoms with Crippen LogP contribution in [0.15, 0.2) is 102 Å². The summed E-state index contributed by atoms with van der Waals surface area (Å²) in [6.07, 6.45) is 14.1. The lowest BCUT2D eigenvalue weighted by Gasteiger charge is -2.08. The molecule has 2 aliphatic heterocycles. The Balaban J connectivity index is 0.000000138. The van der Waals surface area contributed by atoms with Crippen LogP contribution in [0.3, 0.4) is 0 Å². The van der Waals surface area contributed by atoms with E-state index in [1.54, 1.807) is 0 Å². The van der Waals surface area contributed by atoms with Gasteiger partial charge in [0.25, 0.3) is 0 Å². The van der Waals surface area contributed by atoms with Crippen LogP contribution in [-0.2, 0) is 0 Å². The van der Waals surface area contributed by atoms with Crippen LogP contribution >= 0.6 is 23.5 Å². The standard InChI is InChI=1S/2C19H20N6S/c20-14-5-7-15(8-6-14)26-19-24-17(12-3-4-12)23-18(25-19)22-16-9-13(10-21-16)11-1-2-11;20-14-2-1-3-15(9-14)26-19-24-17(12-6-7-12)23-18(25-19)22-16-8-13(10-21-16)11-4-5-11/h5-9,11-12H,1-4,10,20H2,(H,21,22,23,24,25);1-3,8-9,11-12H,4-7,10,20H2,(H,21,22,23,24,25). The zero-order chi connectivity index (χ0) is 35.0. The molecule has 0 bridgehead atoms. The van der Waals surface area contributed by atoms with Gasteiger partial charge in [0.15, 0.2) is 10.3 Å². The van der Waals surface area contributed by atoms with E-state index in [0.29, 0.717) is 34.0 Å². The number of amidine groups is 2. The Labute approximate surface area is 311 Å². The molecule has 6 N–H and O–H groups in total. The molecule has 6 aliphatic rings. The molecule has 10 rings (SSSR count). The minimum absolute atomic E-state index is 0.460. The molecule has 0 spiro atoms. The number of anilines is 4. The average molecular weight is 729 g/mol. The van der Waals surface area contributed by atoms with Crippen LogP contribution in [-0.4, -0.2) is 54.7 Å². The van der Waals surface area contributed by atoms with Crippen molar-refractivity contribution >= 4 is 58.5 Å². The van der Waals surface area contributed by atoms with E-state index in [1.165, 1.54) is 60.4 Å². The fraction of sp³-hybridized carbons (Fsp3) is 0.368. The van der Waals surface area contributed by atoms with E-state index in [4.69, 9.17) is 11.5 Å². The molecule has 0 unspecified atom stereocenters. The number of nitrogen functional groups attached to an aromatic ring is 2. The molecule has 12 nitrogen and oxygen atoms in total. The number of aliphatic imine (C=N–C) groups is 2. The SMILES string of the molecule is Nc1ccc(Sc2nc(NC3=NCC(C4CC4)=C3)nc(C3CC3)n2)cc1.Nc1cccc(Sc2nc(NC3=NCC(C4CC4)=C3)nc(C3CC3)n2)c1. The molecule has 4 aromatic rings. The zero-order valence-electron chi connectivity index (χ0n) is 28.7. The summed E-state index contributed by atoms with van der Waals surface area (Å²) in [6.45, 7) is 1.61. The number of nitrogens with zero attached hydrogens (tertiary/aromatic N) is 8. The molecule has 52 heavy (non-hydrogen) atoms. The Morgan fingerprint density at radius 2 is 1.02 bits per heavy atom. The fourth-order valence-corrected chi connectivity index (χ4v) is 7.57. The van der Waals surface area contributed by atoms with E-state index in [-0.39, 0.29) is 0 Å². The molecule has 2 aromatic heterocycles. The highest BCUT2D eigenvalue weighted by atomic mass is 32.2. The van der Waals surface area contributed by atoms with Crippen molar-refractivity contribution in [2.45, 2.75) is 83.3 Å². The van der Waals surface area contributed by atoms with E-state index in [9.17, 15) is 0 Å². The Morgan fingerprint density at radius 1 is 0.519 bits per heavy atom. The minimum Gasteiger partial charge on any atom is -0.399 e. The van der Waals surface area contributed by atoms with Crippen molar-refractivity contribution in [3.63, 3.8) is 0 Å². The number of benzene rings is 2. The minimum atomic E-state index is 0.460. The maximum atomic E-state index is 5.88. The van der Waals surface area contributed by atoms with Gasteiger partial charge in [-0.05, 0) is 152 Å². The van der Waals surface area contributed by atoms with E-state index in [0.717, 1.165) is 95.1 Å². The lowest BCUT2D eigenvalue weighted by Crippen LogP contribution is -2.12. The quantitative estimate of drug-likeness (QED) is 0.120. The van der Waals surface area contributed by atoms with Gasteiger partial charge < -0.3 is 22.1 Å². The first-order valence-electron chi connectivity index (χ1n) is 18.1. The summed E-state index contributed by atoms with van der Waals surface area (Å²) < 4.78 is 0. The molecular weight excluding hydrogens is 689 g/mol. The van der Waals surface area contributed by atoms with E-state index >= 15 is 0 Å². The summed E-state index contributed by atoms with van der Waals surface area (Å²) in [4.78, 5) is 39.0. The molecule has 0 atom stereocenters. The highest BCUT2D eigenvalue weighted by Crippen LogP contribution is 2.41. The second-order valence-electron chi connectivity index (χ2n) is 14.1. The van der Waals surface area contributed by atoms with Crippen molar-refractivity contribution in [2.75, 3.05) is 35.2 Å². The lowest BCUT2D eigenvalue weighted by molar-refractivity contribution is 0.816. The fourth-order valence-electron chi connectivity index (χ4n) is 5.99. The normalized spacial score (nSPS) is 19.2. The largest absolute Gasteiger partial charge is 0.399 e. The van der Waals surface area contributed by atoms with Crippen molar-refractivity contribution in [1.82, 2.24) is 29.9 Å². The second kappa shape index (κ2) is 14.3. The third kappa shape index (κ3) is 8.61. The topological polar surface area (TPSA) is 178 Å². The van der Waals surface area contributed by atoms with Gasteiger partial charge in [0, 0.05) is 33.0 Å². The number of nitrogens with one attached hydrogen (secondary N) is 2. The van der Waals surface area contributed by atoms with Crippen molar-refractivity contribution < 1.29 is 0 Å². The molecule has 2 aromatic carbocycles. The first-order chi connectivity index (χ1) is 25.5. The van der Waals surface area contributed by atoms with Gasteiger partial charge >= 0.3 is 0 Å². The van der Waals surface area contributed by atoms with Crippen molar-refractivity contribution in [3.8, 4) is 0 Å². The van der Waals surface area contributed by atoms with E-state index in [2.05, 4.69) is 62.7 Å². The Kier molecular flexibility index (Phi) is 9.09. The van der Waals surface area contributed by atoms with E-state index < -0.39 is 0 Å². The summed E-state index contributed by atoms with van der Waals surface area (Å²) in [5.74, 6) is 7.07. The predicted octanol–water partition coefficient (Wildman–Crippen LogP) is 7.29. The molecule has 4 fully saturated rings. The van der Waals surface area contributed by atoms with Gasteiger partial charge in [0.05, 0.1) is 13.1 Å². The van der Waals surface area contributed by atoms with Crippen LogP contribution < -0.4 is 22.1 Å². The van der Waals surface area contributed by atoms with Crippen LogP contribution in [0.5, 0.6) is 0 Å². The molecule has 4 aliphatic carbocycles. The van der Waals surface area contributed by atoms with Crippen LogP contribution in [0.2, 0.25) is 0 Å². The third-order valence-corrected chi connectivity index (χ3v) is 11.2. The van der Waals surface area contributed by atoms with Gasteiger partial charge in [0.2, 0.25) is 11.9 Å². The Morgan fingerprint density at radius 3 is 1.50 bits per heavy atom. The van der Waals surface area contributed by atoms with Gasteiger partial charge in [-0.25, -0.2) is 9.97 Å². The van der Waals surface area contributed by atoms with Gasteiger partial charge in [0.1, 0.15) is 23.3 Å². The molecule has 0 amide bonds. The number of hydrogen-bond donors (Lipinski definition) is 4. The summed E-state index contributed by atoms with van der Waals surface area (Å²) in [5.41, 5.74) is 16.0. The molecule has 4 heterocycles. The third-order valence-electron chi connectivity index (χ3n) is 9.50. The first kappa shape index (κ1) is 33.0. The van der Waals surface area contributed by atoms with E-state index in [1.807, 2.05) is 48.5 Å². The lowest BCUT2D eigenvalue weighted by atomic mass is 10.2. The molecule has 4 saturated carbocycles. The summed E-state index contributed by atoms with van der Waals surface area (Å²) in [6, 6.07) is 15.5. The predicted molar refractivity (Wildman–Crippen MR) is 207 cm³/mol. The van der Waals surface area contributed by atoms with Crippen molar-refractivity contribution in [2.24, 2.45) is 21.8 Å². The van der Waals surface area contributed by atoms with Crippen molar-refractivity contribution in [3.05, 3.63) is 83.5 Å². The van der Waals surface area contributed by atoms with Gasteiger partial charge in [-0.3, -0.25) is 9.98 Å². The highest BCUT2D eigenvalue weighted by molar-refractivity contribution is 7.99. The van der Waals surface area contributed by atoms with Crippen LogP contribution in [0.25, 0.3) is 0 Å². The monoisotopic (exact) mass is 728 g/mol. The van der Waals surface area contributed by atoms with Crippen LogP contribution in [0.1, 0.15) is 74.9 Å². The first-order valence-corrected chi connectivity index (χ1v) is 19.7. The number of nitrogens with two attached hydrogens (primary N) is 2. The van der Waals surface area contributed by atoms with Gasteiger partial charge in [-0.15, -0.1) is 0 Å². The summed E-state index contributed by atoms with van der Waals surface area (Å²) >= 11 is 3.04. The second-order valence-corrected chi connectivity index (χ2v) is 16.2. The number of aromatic nitrogens is 6. The summed E-state index contributed by atoms with van der Waals surface area (Å²) in [7, 11) is 0. The van der Waals surface area contributed by atoms with Gasteiger partial charge in [-0.2, -0.15) is 19.9 Å². The zero-order valence-corrected chi connectivity index (χ0v) is 30.3. The Bertz CT molecular complexity index is 2110. The molecule has 0 radical (unpaired) electrons. The maximum Gasteiger partial charge on any atom is 0.232 e. The highest BCUT2D eigenvalue weighted by Gasteiger charge is 2.31. The molecule has 264 valence electrons. The summed E-state index contributed by atoms with van der Waals surface area (Å²) in [5, 5.41) is 7.98. The smallest absolute Gasteiger partial charge is 0.232 e. The maximum absolute atomic E-state index is 5.88. The van der Waals surface area contributed by atoms with Crippen LogP contribution in [0.4, 0.5) is 23.3 Å². The number of hydrogen-bond acceptors (Lipinski definition) is 14. The van der Waals surface area contributed by atoms with Gasteiger partial charge in [-0.1, -0.05) is 6.07 Å². The Hall–Kier alpha value is -4.82.